The molecule has 0 saturated carbocycles. The Labute approximate surface area is 209 Å². The molecule has 12 nitrogen and oxygen atoms in total. The van der Waals surface area contributed by atoms with E-state index in [2.05, 4.69) is 4.90 Å². The summed E-state index contributed by atoms with van der Waals surface area (Å²) in [4.78, 5) is 47.2. The monoisotopic (exact) mass is 510 g/mol. The number of piperidine rings is 1. The van der Waals surface area contributed by atoms with Gasteiger partial charge in [-0.15, -0.1) is 0 Å². The highest BCUT2D eigenvalue weighted by atomic mass is 16.6. The van der Waals surface area contributed by atoms with Crippen molar-refractivity contribution in [3.05, 3.63) is 23.8 Å². The van der Waals surface area contributed by atoms with Crippen molar-refractivity contribution in [2.45, 2.75) is 44.1 Å². The summed E-state index contributed by atoms with van der Waals surface area (Å²) in [5.41, 5.74) is -1.76. The van der Waals surface area contributed by atoms with Gasteiger partial charge in [-0.3, -0.25) is 14.4 Å². The molecule has 0 aromatic heterocycles. The van der Waals surface area contributed by atoms with Gasteiger partial charge in [0.15, 0.2) is 17.1 Å². The van der Waals surface area contributed by atoms with Crippen LogP contribution >= 0.6 is 0 Å². The number of hydrogen-bond acceptors (Lipinski definition) is 8. The third-order valence-corrected chi connectivity index (χ3v) is 5.87. The van der Waals surface area contributed by atoms with Gasteiger partial charge in [-0.25, -0.2) is 4.79 Å². The van der Waals surface area contributed by atoms with E-state index >= 15 is 0 Å². The van der Waals surface area contributed by atoms with Crippen molar-refractivity contribution in [2.75, 3.05) is 46.4 Å². The van der Waals surface area contributed by atoms with E-state index in [1.165, 1.54) is 32.4 Å². The van der Waals surface area contributed by atoms with Crippen LogP contribution in [0.15, 0.2) is 18.2 Å². The number of likely N-dealkylation sites (tertiary alicyclic amines) is 1. The number of carbonyl (C=O) groups is 4. The number of likely N-dealkylation sites (N-methyl/N-ethyl adjacent to an activating group) is 1. The molecule has 2 aliphatic rings. The molecule has 2 heterocycles. The highest BCUT2D eigenvalue weighted by Gasteiger charge is 2.40. The van der Waals surface area contributed by atoms with Crippen LogP contribution in [0, 0.1) is 0 Å². The van der Waals surface area contributed by atoms with Crippen LogP contribution in [0.2, 0.25) is 0 Å². The Balaban J connectivity index is 0.000000302. The van der Waals surface area contributed by atoms with E-state index in [0.29, 0.717) is 19.6 Å². The molecule has 0 spiro atoms. The van der Waals surface area contributed by atoms with Gasteiger partial charge in [0.05, 0.1) is 19.3 Å². The van der Waals surface area contributed by atoms with Gasteiger partial charge in [0, 0.05) is 20.1 Å². The summed E-state index contributed by atoms with van der Waals surface area (Å²) in [6.07, 6.45) is 2.04. The molecule has 0 radical (unpaired) electrons. The van der Waals surface area contributed by atoms with Crippen molar-refractivity contribution >= 4 is 23.8 Å². The molecule has 0 atom stereocenters. The molecule has 2 aliphatic heterocycles. The molecule has 1 amide bonds. The first kappa shape index (κ1) is 28.9. The maximum atomic E-state index is 12.4. The summed E-state index contributed by atoms with van der Waals surface area (Å²) in [7, 11) is 1.89. The summed E-state index contributed by atoms with van der Waals surface area (Å²) < 4.78 is 11.1. The molecule has 1 aromatic carbocycles. The lowest BCUT2D eigenvalue weighted by molar-refractivity contribution is -0.170. The second-order valence-electron chi connectivity index (χ2n) is 8.85. The summed E-state index contributed by atoms with van der Waals surface area (Å²) in [6, 6.07) is 5.76. The lowest BCUT2D eigenvalue weighted by atomic mass is 9.96. The molecule has 4 N–H and O–H groups in total. The van der Waals surface area contributed by atoms with Crippen LogP contribution in [0.1, 0.15) is 37.7 Å². The number of carboxylic acid groups (broad SMARTS) is 3. The van der Waals surface area contributed by atoms with Crippen molar-refractivity contribution in [3.8, 4) is 11.5 Å². The maximum absolute atomic E-state index is 12.4. The van der Waals surface area contributed by atoms with E-state index in [1.54, 1.807) is 0 Å². The first-order valence-electron chi connectivity index (χ1n) is 11.7. The van der Waals surface area contributed by atoms with Crippen molar-refractivity contribution < 1.29 is 49.1 Å². The number of aliphatic carboxylic acids is 3. The van der Waals surface area contributed by atoms with Gasteiger partial charge in [0.2, 0.25) is 5.91 Å². The van der Waals surface area contributed by atoms with Crippen LogP contribution in [-0.2, 0) is 25.6 Å². The molecule has 1 aromatic rings. The van der Waals surface area contributed by atoms with Crippen LogP contribution < -0.4 is 9.47 Å². The number of carbonyl (C=O) groups excluding carboxylic acids is 1. The number of carboxylic acids is 3. The Morgan fingerprint density at radius 3 is 2.08 bits per heavy atom. The Morgan fingerprint density at radius 1 is 0.944 bits per heavy atom. The van der Waals surface area contributed by atoms with Gasteiger partial charge in [0.25, 0.3) is 0 Å². The Morgan fingerprint density at radius 2 is 1.53 bits per heavy atom. The molecule has 0 unspecified atom stereocenters. The van der Waals surface area contributed by atoms with Crippen LogP contribution in [0.5, 0.6) is 11.5 Å². The maximum Gasteiger partial charge on any atom is 0.336 e. The number of rotatable bonds is 10. The molecular formula is C24H34N2O10. The van der Waals surface area contributed by atoms with Gasteiger partial charge >= 0.3 is 17.9 Å². The van der Waals surface area contributed by atoms with Gasteiger partial charge < -0.3 is 39.7 Å². The molecule has 1 saturated heterocycles. The van der Waals surface area contributed by atoms with E-state index in [0.717, 1.165) is 30.2 Å². The average molecular weight is 511 g/mol. The number of nitrogens with zero attached hydrogens (tertiary/aromatic N) is 2. The molecule has 0 aliphatic carbocycles. The number of amides is 1. The molecule has 36 heavy (non-hydrogen) atoms. The second kappa shape index (κ2) is 13.6. The van der Waals surface area contributed by atoms with Crippen molar-refractivity contribution in [1.82, 2.24) is 9.80 Å². The minimum absolute atomic E-state index is 0.152. The summed E-state index contributed by atoms with van der Waals surface area (Å²) in [5, 5.41) is 33.8. The highest BCUT2D eigenvalue weighted by molar-refractivity contribution is 5.88. The van der Waals surface area contributed by atoms with E-state index in [4.69, 9.17) is 29.9 Å². The Kier molecular flexibility index (Phi) is 10.9. The first-order chi connectivity index (χ1) is 17.0. The molecule has 0 bridgehead atoms. The average Bonchev–Trinajstić information content (AvgIpc) is 2.82. The SMILES string of the molecule is CN(CCN1CCCCC1)C(=O)Cc1ccc2c(c1)OCCO2.O=C(O)CC(O)(CC(=O)O)C(=O)O. The van der Waals surface area contributed by atoms with Crippen LogP contribution in [0.4, 0.5) is 0 Å². The predicted molar refractivity (Wildman–Crippen MR) is 126 cm³/mol. The van der Waals surface area contributed by atoms with E-state index < -0.39 is 36.4 Å². The van der Waals surface area contributed by atoms with Crippen LogP contribution in [0.25, 0.3) is 0 Å². The standard InChI is InChI=1S/C18H26N2O3.C6H8O7/c1-19(9-10-20-7-3-2-4-8-20)18(21)14-15-5-6-16-17(13-15)23-12-11-22-16;7-3(8)1-6(13,5(11)12)2-4(9)10/h5-6,13H,2-4,7-12,14H2,1H3;13H,1-2H2,(H,7,8)(H,9,10)(H,11,12). The minimum atomic E-state index is -2.74. The Hall–Kier alpha value is -3.38. The predicted octanol–water partition coefficient (Wildman–Crippen LogP) is 0.696. The largest absolute Gasteiger partial charge is 0.486 e. The zero-order valence-corrected chi connectivity index (χ0v) is 20.4. The van der Waals surface area contributed by atoms with E-state index in [1.807, 2.05) is 30.1 Å². The fourth-order valence-corrected chi connectivity index (χ4v) is 3.82. The van der Waals surface area contributed by atoms with Gasteiger partial charge in [-0.2, -0.15) is 0 Å². The quantitative estimate of drug-likeness (QED) is 0.349. The van der Waals surface area contributed by atoms with Crippen molar-refractivity contribution in [1.29, 1.82) is 0 Å². The van der Waals surface area contributed by atoms with Crippen molar-refractivity contribution in [2.24, 2.45) is 0 Å². The summed E-state index contributed by atoms with van der Waals surface area (Å²) >= 11 is 0. The van der Waals surface area contributed by atoms with Gasteiger partial charge in [-0.05, 0) is 43.6 Å². The molecule has 12 heteroatoms. The highest BCUT2D eigenvalue weighted by Crippen LogP contribution is 2.31. The zero-order valence-electron chi connectivity index (χ0n) is 20.4. The third kappa shape index (κ3) is 9.34. The number of benzene rings is 1. The third-order valence-electron chi connectivity index (χ3n) is 5.87. The molecule has 200 valence electrons. The number of fused-ring (bicyclic) bond motifs is 1. The summed E-state index contributed by atoms with van der Waals surface area (Å²) in [5.74, 6) is -3.35. The fraction of sp³-hybridized carbons (Fsp3) is 0.583. The molecule has 3 rings (SSSR count). The normalized spacial score (nSPS) is 15.3. The van der Waals surface area contributed by atoms with Crippen LogP contribution in [-0.4, -0.2) is 106 Å². The lowest BCUT2D eigenvalue weighted by Crippen LogP contribution is -2.42. The first-order valence-corrected chi connectivity index (χ1v) is 11.7. The minimum Gasteiger partial charge on any atom is -0.486 e. The zero-order chi connectivity index (χ0) is 26.7. The Bertz CT molecular complexity index is 913. The molecule has 1 fully saturated rings. The number of aliphatic hydroxyl groups is 1. The number of hydrogen-bond donors (Lipinski definition) is 4. The number of ether oxygens (including phenoxy) is 2. The van der Waals surface area contributed by atoms with E-state index in [-0.39, 0.29) is 5.91 Å². The van der Waals surface area contributed by atoms with Crippen molar-refractivity contribution in [3.63, 3.8) is 0 Å². The van der Waals surface area contributed by atoms with Crippen LogP contribution in [0.3, 0.4) is 0 Å². The topological polar surface area (TPSA) is 174 Å². The van der Waals surface area contributed by atoms with Gasteiger partial charge in [0.1, 0.15) is 13.2 Å². The van der Waals surface area contributed by atoms with Gasteiger partial charge in [-0.1, -0.05) is 12.5 Å². The lowest BCUT2D eigenvalue weighted by Gasteiger charge is -2.28. The fourth-order valence-electron chi connectivity index (χ4n) is 3.82. The summed E-state index contributed by atoms with van der Waals surface area (Å²) in [6.45, 7) is 5.27. The molecular weight excluding hydrogens is 476 g/mol. The van der Waals surface area contributed by atoms with E-state index in [9.17, 15) is 19.2 Å². The second-order valence-corrected chi connectivity index (χ2v) is 8.85. The smallest absolute Gasteiger partial charge is 0.336 e.